The topological polar surface area (TPSA) is 40.1 Å². The van der Waals surface area contributed by atoms with Crippen molar-refractivity contribution in [3.8, 4) is 0 Å². The summed E-state index contributed by atoms with van der Waals surface area (Å²) in [6.45, 7) is 7.19. The molecule has 0 bridgehead atoms. The number of ether oxygens (including phenoxy) is 1. The van der Waals surface area contributed by atoms with E-state index in [1.54, 1.807) is 7.11 Å². The summed E-state index contributed by atoms with van der Waals surface area (Å²) in [4.78, 5) is 9.34. The fourth-order valence-electron chi connectivity index (χ4n) is 3.80. The van der Waals surface area contributed by atoms with Gasteiger partial charge in [0.15, 0.2) is 5.96 Å². The fraction of sp³-hybridized carbons (Fsp3) is 0.632. The molecule has 1 aromatic rings. The molecule has 0 aromatic heterocycles. The highest BCUT2D eigenvalue weighted by Gasteiger charge is 2.24. The van der Waals surface area contributed by atoms with Crippen molar-refractivity contribution in [1.29, 1.82) is 0 Å². The molecule has 1 saturated heterocycles. The number of halogens is 1. The minimum absolute atomic E-state index is 0. The second-order valence-corrected chi connectivity index (χ2v) is 6.82. The molecule has 0 saturated carbocycles. The average molecular weight is 458 g/mol. The smallest absolute Gasteiger partial charge is 0.193 e. The first kappa shape index (κ1) is 20.5. The molecular formula is C19H31IN4O. The van der Waals surface area contributed by atoms with Crippen molar-refractivity contribution >= 4 is 29.9 Å². The Labute approximate surface area is 168 Å². The molecule has 0 spiro atoms. The molecule has 6 heteroatoms. The summed E-state index contributed by atoms with van der Waals surface area (Å²) in [5.41, 5.74) is 2.99. The number of guanidine groups is 1. The summed E-state index contributed by atoms with van der Waals surface area (Å²) >= 11 is 0. The van der Waals surface area contributed by atoms with E-state index in [1.165, 1.54) is 17.5 Å². The van der Waals surface area contributed by atoms with Crippen LogP contribution >= 0.6 is 24.0 Å². The first-order valence-corrected chi connectivity index (χ1v) is 9.04. The number of fused-ring (bicyclic) bond motifs is 1. The van der Waals surface area contributed by atoms with Gasteiger partial charge in [0, 0.05) is 59.3 Å². The highest BCUT2D eigenvalue weighted by molar-refractivity contribution is 14.0. The number of nitrogens with zero attached hydrogens (tertiary/aromatic N) is 3. The molecule has 3 rings (SSSR count). The molecule has 2 aliphatic rings. The van der Waals surface area contributed by atoms with Gasteiger partial charge in [-0.2, -0.15) is 0 Å². The Kier molecular flexibility index (Phi) is 8.45. The van der Waals surface area contributed by atoms with Gasteiger partial charge in [-0.25, -0.2) is 0 Å². The molecule has 0 amide bonds. The van der Waals surface area contributed by atoms with Crippen LogP contribution in [0.4, 0.5) is 0 Å². The Morgan fingerprint density at radius 3 is 2.84 bits per heavy atom. The van der Waals surface area contributed by atoms with Crippen molar-refractivity contribution in [2.24, 2.45) is 10.9 Å². The van der Waals surface area contributed by atoms with E-state index in [0.717, 1.165) is 58.3 Å². The van der Waals surface area contributed by atoms with Gasteiger partial charge in [-0.15, -0.1) is 24.0 Å². The summed E-state index contributed by atoms with van der Waals surface area (Å²) < 4.78 is 5.28. The monoisotopic (exact) mass is 458 g/mol. The van der Waals surface area contributed by atoms with Crippen molar-refractivity contribution in [2.45, 2.75) is 19.4 Å². The lowest BCUT2D eigenvalue weighted by molar-refractivity contribution is 0.157. The lowest BCUT2D eigenvalue weighted by Crippen LogP contribution is -2.44. The third kappa shape index (κ3) is 5.56. The van der Waals surface area contributed by atoms with E-state index < -0.39 is 0 Å². The van der Waals surface area contributed by atoms with Gasteiger partial charge in [0.2, 0.25) is 0 Å². The number of likely N-dealkylation sites (tertiary alicyclic amines) is 1. The van der Waals surface area contributed by atoms with Crippen molar-refractivity contribution in [3.63, 3.8) is 0 Å². The number of aliphatic imine (C=N–C) groups is 1. The van der Waals surface area contributed by atoms with Crippen LogP contribution in [0.25, 0.3) is 0 Å². The first-order valence-electron chi connectivity index (χ1n) is 9.04. The minimum atomic E-state index is 0. The van der Waals surface area contributed by atoms with Gasteiger partial charge in [0.25, 0.3) is 0 Å². The summed E-state index contributed by atoms with van der Waals surface area (Å²) in [5, 5.41) is 3.54. The Bertz CT molecular complexity index is 566. The van der Waals surface area contributed by atoms with Gasteiger partial charge in [-0.05, 0) is 24.0 Å². The van der Waals surface area contributed by atoms with E-state index in [4.69, 9.17) is 4.74 Å². The van der Waals surface area contributed by atoms with Crippen molar-refractivity contribution < 1.29 is 4.74 Å². The molecule has 0 radical (unpaired) electrons. The maximum atomic E-state index is 5.28. The molecule has 1 unspecified atom stereocenters. The van der Waals surface area contributed by atoms with E-state index >= 15 is 0 Å². The standard InChI is InChI=1S/C19H30N4O.HI/c1-20-19(23-11-7-16(13-23)15-24-2)21-9-12-22-10-8-17-5-3-4-6-18(17)14-22;/h3-6,16H,7-15H2,1-2H3,(H,20,21);1H. The van der Waals surface area contributed by atoms with E-state index in [9.17, 15) is 0 Å². The zero-order valence-electron chi connectivity index (χ0n) is 15.4. The number of hydrogen-bond donors (Lipinski definition) is 1. The van der Waals surface area contributed by atoms with E-state index in [0.29, 0.717) is 5.92 Å². The van der Waals surface area contributed by atoms with Crippen LogP contribution < -0.4 is 5.32 Å². The molecular weight excluding hydrogens is 427 g/mol. The Morgan fingerprint density at radius 2 is 2.08 bits per heavy atom. The normalized spacial score (nSPS) is 21.0. The molecule has 2 heterocycles. The zero-order valence-corrected chi connectivity index (χ0v) is 17.7. The van der Waals surface area contributed by atoms with Crippen LogP contribution in [0.2, 0.25) is 0 Å². The lowest BCUT2D eigenvalue weighted by Gasteiger charge is -2.29. The predicted octanol–water partition coefficient (Wildman–Crippen LogP) is 2.21. The average Bonchev–Trinajstić information content (AvgIpc) is 3.07. The van der Waals surface area contributed by atoms with Crippen molar-refractivity contribution in [1.82, 2.24) is 15.1 Å². The van der Waals surface area contributed by atoms with Crippen LogP contribution in [0.1, 0.15) is 17.5 Å². The summed E-state index contributed by atoms with van der Waals surface area (Å²) in [6.07, 6.45) is 2.35. The van der Waals surface area contributed by atoms with E-state index in [-0.39, 0.29) is 24.0 Å². The van der Waals surface area contributed by atoms with Crippen LogP contribution in [0.15, 0.2) is 29.3 Å². The molecule has 0 aliphatic carbocycles. The molecule has 1 atom stereocenters. The summed E-state index contributed by atoms with van der Waals surface area (Å²) in [5.74, 6) is 1.66. The Balaban J connectivity index is 0.00000225. The summed E-state index contributed by atoms with van der Waals surface area (Å²) in [7, 11) is 3.66. The second-order valence-electron chi connectivity index (χ2n) is 6.82. The van der Waals surface area contributed by atoms with Gasteiger partial charge < -0.3 is 15.0 Å². The van der Waals surface area contributed by atoms with Crippen molar-refractivity contribution in [3.05, 3.63) is 35.4 Å². The van der Waals surface area contributed by atoms with E-state index in [1.807, 2.05) is 7.05 Å². The van der Waals surface area contributed by atoms with E-state index in [2.05, 4.69) is 44.4 Å². The highest BCUT2D eigenvalue weighted by atomic mass is 127. The number of hydrogen-bond acceptors (Lipinski definition) is 3. The molecule has 5 nitrogen and oxygen atoms in total. The number of nitrogens with one attached hydrogen (secondary N) is 1. The molecule has 1 fully saturated rings. The maximum Gasteiger partial charge on any atom is 0.193 e. The molecule has 25 heavy (non-hydrogen) atoms. The third-order valence-electron chi connectivity index (χ3n) is 5.12. The molecule has 1 N–H and O–H groups in total. The summed E-state index contributed by atoms with van der Waals surface area (Å²) in [6, 6.07) is 8.81. The SMILES string of the molecule is CN=C(NCCN1CCc2ccccc2C1)N1CCC(COC)C1.I. The molecule has 140 valence electrons. The minimum Gasteiger partial charge on any atom is -0.384 e. The highest BCUT2D eigenvalue weighted by Crippen LogP contribution is 2.18. The fourth-order valence-corrected chi connectivity index (χ4v) is 3.80. The predicted molar refractivity (Wildman–Crippen MR) is 114 cm³/mol. The van der Waals surface area contributed by atoms with Gasteiger partial charge in [-0.3, -0.25) is 9.89 Å². The lowest BCUT2D eigenvalue weighted by atomic mass is 10.00. The number of rotatable bonds is 5. The largest absolute Gasteiger partial charge is 0.384 e. The van der Waals surface area contributed by atoms with Gasteiger partial charge in [0.05, 0.1) is 6.61 Å². The van der Waals surface area contributed by atoms with Crippen LogP contribution in [0, 0.1) is 5.92 Å². The zero-order chi connectivity index (χ0) is 16.8. The quantitative estimate of drug-likeness (QED) is 0.418. The van der Waals surface area contributed by atoms with Crippen LogP contribution in [-0.2, 0) is 17.7 Å². The number of methoxy groups -OCH3 is 1. The number of benzene rings is 1. The first-order chi connectivity index (χ1) is 11.8. The van der Waals surface area contributed by atoms with Crippen LogP contribution in [-0.4, -0.2) is 69.2 Å². The molecule has 1 aromatic carbocycles. The molecule has 2 aliphatic heterocycles. The van der Waals surface area contributed by atoms with Crippen LogP contribution in [0.5, 0.6) is 0 Å². The second kappa shape index (κ2) is 10.3. The van der Waals surface area contributed by atoms with Gasteiger partial charge in [-0.1, -0.05) is 24.3 Å². The van der Waals surface area contributed by atoms with Gasteiger partial charge >= 0.3 is 0 Å². The van der Waals surface area contributed by atoms with Crippen LogP contribution in [0.3, 0.4) is 0 Å². The van der Waals surface area contributed by atoms with Gasteiger partial charge in [0.1, 0.15) is 0 Å². The third-order valence-corrected chi connectivity index (χ3v) is 5.12. The Hall–Kier alpha value is -0.860. The van der Waals surface area contributed by atoms with Crippen molar-refractivity contribution in [2.75, 3.05) is 53.5 Å². The maximum absolute atomic E-state index is 5.28. The Morgan fingerprint density at radius 1 is 1.28 bits per heavy atom.